The maximum Gasteiger partial charge on any atom is 0.321 e. The predicted molar refractivity (Wildman–Crippen MR) is 76.5 cm³/mol. The lowest BCUT2D eigenvalue weighted by Crippen LogP contribution is -2.60. The fourth-order valence-corrected chi connectivity index (χ4v) is 4.68. The summed E-state index contributed by atoms with van der Waals surface area (Å²) in [6, 6.07) is 0. The fourth-order valence-electron chi connectivity index (χ4n) is 2.84. The Hall–Kier alpha value is -1.28. The Labute approximate surface area is 127 Å². The van der Waals surface area contributed by atoms with Gasteiger partial charge in [0.2, 0.25) is 11.8 Å². The van der Waals surface area contributed by atoms with Gasteiger partial charge in [-0.3, -0.25) is 14.4 Å². The summed E-state index contributed by atoms with van der Waals surface area (Å²) in [7, 11) is 0. The van der Waals surface area contributed by atoms with Crippen molar-refractivity contribution < 1.29 is 24.6 Å². The van der Waals surface area contributed by atoms with Gasteiger partial charge in [0.1, 0.15) is 4.75 Å². The zero-order valence-corrected chi connectivity index (χ0v) is 12.9. The summed E-state index contributed by atoms with van der Waals surface area (Å²) in [5.41, 5.74) is 0. The summed E-state index contributed by atoms with van der Waals surface area (Å²) < 4.78 is -1.04. The molecule has 0 bridgehead atoms. The first kappa shape index (κ1) is 16.1. The quantitative estimate of drug-likeness (QED) is 0.456. The van der Waals surface area contributed by atoms with E-state index < -0.39 is 22.7 Å². The molecule has 2 rings (SSSR count). The van der Waals surface area contributed by atoms with Gasteiger partial charge >= 0.3 is 5.97 Å². The molecule has 0 spiro atoms. The van der Waals surface area contributed by atoms with Crippen molar-refractivity contribution in [1.82, 2.24) is 10.2 Å². The van der Waals surface area contributed by atoms with E-state index in [1.54, 1.807) is 6.92 Å². The second kappa shape index (κ2) is 5.84. The molecule has 0 aromatic rings. The monoisotopic (exact) mass is 316 g/mol. The van der Waals surface area contributed by atoms with E-state index in [1.807, 2.05) is 0 Å². The van der Waals surface area contributed by atoms with Crippen LogP contribution in [0.2, 0.25) is 0 Å². The number of hydrogen-bond acceptors (Lipinski definition) is 5. The average Bonchev–Trinajstić information content (AvgIpc) is 2.70. The molecule has 0 aliphatic carbocycles. The number of aliphatic hydroxyl groups excluding tert-OH is 1. The summed E-state index contributed by atoms with van der Waals surface area (Å²) in [6.07, 6.45) is 0.141. The second-order valence-electron chi connectivity index (χ2n) is 5.63. The molecule has 7 nitrogen and oxygen atoms in total. The second-order valence-corrected chi connectivity index (χ2v) is 7.13. The van der Waals surface area contributed by atoms with Crippen molar-refractivity contribution in [1.29, 1.82) is 0 Å². The Morgan fingerprint density at radius 2 is 2.24 bits per heavy atom. The van der Waals surface area contributed by atoms with Crippen LogP contribution in [-0.2, 0) is 14.4 Å². The molecule has 2 heterocycles. The first-order chi connectivity index (χ1) is 9.78. The number of aliphatic hydroxyl groups is 1. The first-order valence-electron chi connectivity index (χ1n) is 6.93. The number of carbonyl (C=O) groups is 3. The molecular weight excluding hydrogens is 296 g/mol. The Balaban J connectivity index is 2.00. The molecule has 0 aromatic heterocycles. The van der Waals surface area contributed by atoms with E-state index in [0.717, 1.165) is 0 Å². The SMILES string of the molecule is CC(=O)NCCCC1(C(=O)O)CN2C(=O)C(C(C)O)[C@H]2S1. The van der Waals surface area contributed by atoms with E-state index in [9.17, 15) is 24.6 Å². The van der Waals surface area contributed by atoms with E-state index in [4.69, 9.17) is 0 Å². The molecule has 2 aliphatic rings. The van der Waals surface area contributed by atoms with Crippen molar-refractivity contribution in [3.8, 4) is 0 Å². The van der Waals surface area contributed by atoms with Gasteiger partial charge in [0.15, 0.2) is 0 Å². The Bertz CT molecular complexity index is 469. The maximum absolute atomic E-state index is 11.9. The molecule has 0 radical (unpaired) electrons. The minimum atomic E-state index is -1.04. The molecule has 3 unspecified atom stereocenters. The normalized spacial score (nSPS) is 32.3. The lowest BCUT2D eigenvalue weighted by Gasteiger charge is -2.42. The molecule has 4 atom stereocenters. The number of carbonyl (C=O) groups excluding carboxylic acids is 2. The largest absolute Gasteiger partial charge is 0.480 e. The van der Waals surface area contributed by atoms with Crippen LogP contribution in [0.25, 0.3) is 0 Å². The topological polar surface area (TPSA) is 107 Å². The number of rotatable bonds is 6. The number of fused-ring (bicyclic) bond motifs is 1. The van der Waals surface area contributed by atoms with E-state index in [1.165, 1.54) is 23.6 Å². The number of β-lactam (4-membered cyclic amide) rings is 1. The molecule has 2 saturated heterocycles. The minimum absolute atomic E-state index is 0.147. The van der Waals surface area contributed by atoms with Gasteiger partial charge in [-0.2, -0.15) is 0 Å². The number of hydrogen-bond donors (Lipinski definition) is 3. The van der Waals surface area contributed by atoms with Gasteiger partial charge in [0.05, 0.1) is 17.4 Å². The van der Waals surface area contributed by atoms with Crippen molar-refractivity contribution in [2.45, 2.75) is 42.9 Å². The zero-order chi connectivity index (χ0) is 15.8. The van der Waals surface area contributed by atoms with E-state index >= 15 is 0 Å². The molecule has 2 fully saturated rings. The summed E-state index contributed by atoms with van der Waals surface area (Å²) in [6.45, 7) is 3.55. The highest BCUT2D eigenvalue weighted by molar-refractivity contribution is 8.02. The maximum atomic E-state index is 11.9. The molecule has 3 N–H and O–H groups in total. The number of carboxylic acid groups (broad SMARTS) is 1. The lowest BCUT2D eigenvalue weighted by molar-refractivity contribution is -0.156. The lowest BCUT2D eigenvalue weighted by atomic mass is 9.91. The molecule has 0 saturated carbocycles. The van der Waals surface area contributed by atoms with Gasteiger partial charge in [0.25, 0.3) is 0 Å². The van der Waals surface area contributed by atoms with Crippen LogP contribution < -0.4 is 5.32 Å². The number of aliphatic carboxylic acids is 1. The summed E-state index contributed by atoms with van der Waals surface area (Å²) >= 11 is 1.25. The Morgan fingerprint density at radius 3 is 2.76 bits per heavy atom. The van der Waals surface area contributed by atoms with Crippen LogP contribution >= 0.6 is 11.8 Å². The summed E-state index contributed by atoms with van der Waals surface area (Å²) in [5, 5.41) is 21.5. The smallest absolute Gasteiger partial charge is 0.321 e. The highest BCUT2D eigenvalue weighted by Crippen LogP contribution is 2.52. The molecule has 118 valence electrons. The van der Waals surface area contributed by atoms with Crippen molar-refractivity contribution in [2.75, 3.05) is 13.1 Å². The van der Waals surface area contributed by atoms with Gasteiger partial charge in [-0.15, -0.1) is 11.8 Å². The minimum Gasteiger partial charge on any atom is -0.480 e. The van der Waals surface area contributed by atoms with Crippen molar-refractivity contribution in [2.24, 2.45) is 5.92 Å². The average molecular weight is 316 g/mol. The highest BCUT2D eigenvalue weighted by atomic mass is 32.2. The zero-order valence-electron chi connectivity index (χ0n) is 12.0. The molecular formula is C13H20N2O5S. The van der Waals surface area contributed by atoms with Crippen molar-refractivity contribution in [3.63, 3.8) is 0 Å². The van der Waals surface area contributed by atoms with Crippen LogP contribution in [0.5, 0.6) is 0 Å². The predicted octanol–water partition coefficient (Wildman–Crippen LogP) is -0.362. The molecule has 2 amide bonds. The van der Waals surface area contributed by atoms with Crippen molar-refractivity contribution >= 4 is 29.5 Å². The molecule has 21 heavy (non-hydrogen) atoms. The van der Waals surface area contributed by atoms with E-state index in [-0.39, 0.29) is 23.7 Å². The van der Waals surface area contributed by atoms with Crippen LogP contribution in [0.4, 0.5) is 0 Å². The standard InChI is InChI=1S/C13H20N2O5S/c1-7(16)9-10(18)15-6-13(12(19)20,21-11(9)15)4-3-5-14-8(2)17/h7,9,11,16H,3-6H2,1-2H3,(H,14,17)(H,19,20)/t7?,9?,11-,13?/m1/s1. The van der Waals surface area contributed by atoms with E-state index in [0.29, 0.717) is 19.4 Å². The van der Waals surface area contributed by atoms with E-state index in [2.05, 4.69) is 5.32 Å². The third-order valence-corrected chi connectivity index (χ3v) is 5.74. The van der Waals surface area contributed by atoms with Crippen LogP contribution in [0.3, 0.4) is 0 Å². The fraction of sp³-hybridized carbons (Fsp3) is 0.769. The Morgan fingerprint density at radius 1 is 1.57 bits per heavy atom. The molecule has 2 aliphatic heterocycles. The number of nitrogens with zero attached hydrogens (tertiary/aromatic N) is 1. The van der Waals surface area contributed by atoms with Gasteiger partial charge in [-0.05, 0) is 19.8 Å². The number of nitrogens with one attached hydrogen (secondary N) is 1. The Kier molecular flexibility index (Phi) is 4.48. The third-order valence-electron chi connectivity index (χ3n) is 4.00. The molecule has 8 heteroatoms. The number of thioether (sulfide) groups is 1. The van der Waals surface area contributed by atoms with Crippen molar-refractivity contribution in [3.05, 3.63) is 0 Å². The molecule has 0 aromatic carbocycles. The van der Waals surface area contributed by atoms with Gasteiger partial charge in [0, 0.05) is 20.0 Å². The summed E-state index contributed by atoms with van der Waals surface area (Å²) in [5.74, 6) is -1.77. The number of amides is 2. The highest BCUT2D eigenvalue weighted by Gasteiger charge is 2.62. The van der Waals surface area contributed by atoms with Gasteiger partial charge in [-0.1, -0.05) is 0 Å². The van der Waals surface area contributed by atoms with Gasteiger partial charge in [-0.25, -0.2) is 0 Å². The van der Waals surface area contributed by atoms with Crippen LogP contribution in [-0.4, -0.2) is 62.2 Å². The van der Waals surface area contributed by atoms with Gasteiger partial charge < -0.3 is 20.4 Å². The first-order valence-corrected chi connectivity index (χ1v) is 7.81. The van der Waals surface area contributed by atoms with Crippen LogP contribution in [0.15, 0.2) is 0 Å². The summed E-state index contributed by atoms with van der Waals surface area (Å²) in [4.78, 5) is 35.9. The van der Waals surface area contributed by atoms with Crippen LogP contribution in [0.1, 0.15) is 26.7 Å². The number of carboxylic acids is 1. The van der Waals surface area contributed by atoms with Crippen LogP contribution in [0, 0.1) is 5.92 Å². The third kappa shape index (κ3) is 2.87.